The average molecular weight is 340 g/mol. The molecule has 1 aromatic rings. The van der Waals surface area contributed by atoms with E-state index < -0.39 is 10.0 Å². The average Bonchev–Trinajstić information content (AvgIpc) is 2.46. The van der Waals surface area contributed by atoms with E-state index in [1.54, 1.807) is 13.0 Å². The van der Waals surface area contributed by atoms with E-state index in [1.807, 2.05) is 6.92 Å². The molecule has 0 saturated heterocycles. The Hall–Kier alpha value is -1.40. The zero-order chi connectivity index (χ0) is 17.6. The van der Waals surface area contributed by atoms with E-state index in [4.69, 9.17) is 0 Å². The van der Waals surface area contributed by atoms with E-state index in [2.05, 4.69) is 23.9 Å². The molecule has 1 rings (SSSR count). The number of rotatable bonds is 8. The van der Waals surface area contributed by atoms with Gasteiger partial charge in [-0.15, -0.1) is 0 Å². The van der Waals surface area contributed by atoms with Crippen molar-refractivity contribution in [2.24, 2.45) is 5.92 Å². The molecule has 1 atom stereocenters. The lowest BCUT2D eigenvalue weighted by molar-refractivity contribution is 0.0937. The number of hydrogen-bond acceptors (Lipinski definition) is 3. The highest BCUT2D eigenvalue weighted by molar-refractivity contribution is 7.89. The molecular formula is C17H28N2O3S. The van der Waals surface area contributed by atoms with Gasteiger partial charge in [0, 0.05) is 11.6 Å². The summed E-state index contributed by atoms with van der Waals surface area (Å²) >= 11 is 0. The van der Waals surface area contributed by atoms with Crippen LogP contribution in [0.4, 0.5) is 0 Å². The van der Waals surface area contributed by atoms with Gasteiger partial charge in [0.25, 0.3) is 5.91 Å². The molecule has 0 aliphatic heterocycles. The van der Waals surface area contributed by atoms with Crippen LogP contribution in [-0.2, 0) is 10.0 Å². The molecule has 0 saturated carbocycles. The monoisotopic (exact) mass is 340 g/mol. The van der Waals surface area contributed by atoms with Crippen LogP contribution in [0.1, 0.15) is 56.0 Å². The maximum Gasteiger partial charge on any atom is 0.251 e. The molecule has 0 aliphatic carbocycles. The van der Waals surface area contributed by atoms with Gasteiger partial charge in [0.1, 0.15) is 0 Å². The van der Waals surface area contributed by atoms with Crippen molar-refractivity contribution < 1.29 is 13.2 Å². The van der Waals surface area contributed by atoms with E-state index in [0.717, 1.165) is 24.8 Å². The Labute approximate surface area is 139 Å². The molecule has 0 spiro atoms. The summed E-state index contributed by atoms with van der Waals surface area (Å²) in [6.07, 6.45) is 3.11. The molecule has 0 radical (unpaired) electrons. The Balaban J connectivity index is 2.81. The lowest BCUT2D eigenvalue weighted by Crippen LogP contribution is -2.33. The number of hydrogen-bond donors (Lipinski definition) is 2. The molecule has 2 N–H and O–H groups in total. The predicted molar refractivity (Wildman–Crippen MR) is 93.0 cm³/mol. The van der Waals surface area contributed by atoms with Crippen LogP contribution >= 0.6 is 0 Å². The van der Waals surface area contributed by atoms with Gasteiger partial charge in [0.15, 0.2) is 0 Å². The molecule has 23 heavy (non-hydrogen) atoms. The number of carbonyl (C=O) groups excluding carboxylic acids is 1. The van der Waals surface area contributed by atoms with Crippen LogP contribution in [0.3, 0.4) is 0 Å². The van der Waals surface area contributed by atoms with Crippen molar-refractivity contribution in [2.75, 3.05) is 7.05 Å². The van der Waals surface area contributed by atoms with Crippen LogP contribution in [0.5, 0.6) is 0 Å². The van der Waals surface area contributed by atoms with Crippen LogP contribution in [0, 0.1) is 12.8 Å². The van der Waals surface area contributed by atoms with Crippen LogP contribution in [0.25, 0.3) is 0 Å². The van der Waals surface area contributed by atoms with Crippen molar-refractivity contribution in [3.63, 3.8) is 0 Å². The van der Waals surface area contributed by atoms with Gasteiger partial charge in [0.05, 0.1) is 4.90 Å². The highest BCUT2D eigenvalue weighted by Gasteiger charge is 2.17. The first-order valence-corrected chi connectivity index (χ1v) is 9.50. The van der Waals surface area contributed by atoms with Gasteiger partial charge in [-0.05, 0) is 50.9 Å². The van der Waals surface area contributed by atoms with Crippen molar-refractivity contribution in [2.45, 2.75) is 57.9 Å². The fourth-order valence-corrected chi connectivity index (χ4v) is 3.09. The molecule has 0 heterocycles. The van der Waals surface area contributed by atoms with E-state index in [-0.39, 0.29) is 16.8 Å². The van der Waals surface area contributed by atoms with Gasteiger partial charge in [0.2, 0.25) is 10.0 Å². The minimum absolute atomic E-state index is 0.0604. The molecule has 0 bridgehead atoms. The Bertz CT molecular complexity index is 639. The summed E-state index contributed by atoms with van der Waals surface area (Å²) in [5.74, 6) is 0.427. The van der Waals surface area contributed by atoms with Gasteiger partial charge < -0.3 is 5.32 Å². The summed E-state index contributed by atoms with van der Waals surface area (Å²) in [6, 6.07) is 4.65. The molecule has 6 heteroatoms. The Morgan fingerprint density at radius 1 is 1.17 bits per heavy atom. The van der Waals surface area contributed by atoms with Crippen LogP contribution in [-0.4, -0.2) is 27.4 Å². The minimum atomic E-state index is -3.55. The molecule has 0 aliphatic rings. The minimum Gasteiger partial charge on any atom is -0.350 e. The van der Waals surface area contributed by atoms with Crippen molar-refractivity contribution in [3.8, 4) is 0 Å². The zero-order valence-electron chi connectivity index (χ0n) is 14.6. The van der Waals surface area contributed by atoms with Gasteiger partial charge in [-0.2, -0.15) is 0 Å². The molecule has 0 fully saturated rings. The van der Waals surface area contributed by atoms with E-state index in [9.17, 15) is 13.2 Å². The lowest BCUT2D eigenvalue weighted by atomic mass is 10.0. The third-order valence-corrected chi connectivity index (χ3v) is 5.24. The van der Waals surface area contributed by atoms with Crippen molar-refractivity contribution >= 4 is 15.9 Å². The first-order valence-electron chi connectivity index (χ1n) is 8.02. The van der Waals surface area contributed by atoms with E-state index in [0.29, 0.717) is 11.5 Å². The van der Waals surface area contributed by atoms with Gasteiger partial charge >= 0.3 is 0 Å². The summed E-state index contributed by atoms with van der Waals surface area (Å²) in [6.45, 7) is 8.14. The van der Waals surface area contributed by atoms with Crippen LogP contribution < -0.4 is 10.0 Å². The Morgan fingerprint density at radius 2 is 1.83 bits per heavy atom. The molecule has 0 unspecified atom stereocenters. The largest absolute Gasteiger partial charge is 0.350 e. The van der Waals surface area contributed by atoms with Crippen molar-refractivity contribution in [1.82, 2.24) is 10.0 Å². The number of aryl methyl sites for hydroxylation is 1. The molecule has 1 aromatic carbocycles. The first-order chi connectivity index (χ1) is 10.7. The van der Waals surface area contributed by atoms with Crippen LogP contribution in [0.2, 0.25) is 0 Å². The lowest BCUT2D eigenvalue weighted by Gasteiger charge is -2.16. The maximum atomic E-state index is 12.4. The molecule has 130 valence electrons. The van der Waals surface area contributed by atoms with Gasteiger partial charge in [-0.25, -0.2) is 13.1 Å². The summed E-state index contributed by atoms with van der Waals surface area (Å²) in [5, 5.41) is 2.95. The van der Waals surface area contributed by atoms with Gasteiger partial charge in [-0.3, -0.25) is 4.79 Å². The fourth-order valence-electron chi connectivity index (χ4n) is 2.34. The van der Waals surface area contributed by atoms with Gasteiger partial charge in [-0.1, -0.05) is 32.8 Å². The summed E-state index contributed by atoms with van der Waals surface area (Å²) in [4.78, 5) is 12.5. The highest BCUT2D eigenvalue weighted by atomic mass is 32.2. The summed E-state index contributed by atoms with van der Waals surface area (Å²) in [5.41, 5.74) is 1.16. The molecule has 0 aromatic heterocycles. The number of benzene rings is 1. The Kier molecular flexibility index (Phi) is 7.22. The van der Waals surface area contributed by atoms with Crippen molar-refractivity contribution in [3.05, 3.63) is 29.3 Å². The quantitative estimate of drug-likeness (QED) is 0.764. The summed E-state index contributed by atoms with van der Waals surface area (Å²) in [7, 11) is -2.20. The fraction of sp³-hybridized carbons (Fsp3) is 0.588. The zero-order valence-corrected chi connectivity index (χ0v) is 15.5. The standard InChI is InChI=1S/C17H28N2O3S/c1-12(2)7-6-8-14(4)19-17(20)16-11-15(10-9-13(16)3)23(21,22)18-5/h9-12,14,18H,6-8H2,1-5H3,(H,19,20)/t14-/m0/s1. The smallest absolute Gasteiger partial charge is 0.251 e. The second kappa shape index (κ2) is 8.45. The number of carbonyl (C=O) groups is 1. The first kappa shape index (κ1) is 19.6. The molecule has 1 amide bonds. The second-order valence-electron chi connectivity index (χ2n) is 6.38. The van der Waals surface area contributed by atoms with Crippen molar-refractivity contribution in [1.29, 1.82) is 0 Å². The van der Waals surface area contributed by atoms with E-state index in [1.165, 1.54) is 19.2 Å². The summed E-state index contributed by atoms with van der Waals surface area (Å²) < 4.78 is 26.0. The third kappa shape index (κ3) is 5.95. The van der Waals surface area contributed by atoms with E-state index >= 15 is 0 Å². The normalized spacial score (nSPS) is 13.1. The van der Waals surface area contributed by atoms with Crippen LogP contribution in [0.15, 0.2) is 23.1 Å². The topological polar surface area (TPSA) is 75.3 Å². The Morgan fingerprint density at radius 3 is 2.39 bits per heavy atom. The number of nitrogens with one attached hydrogen (secondary N) is 2. The molecule has 5 nitrogen and oxygen atoms in total. The second-order valence-corrected chi connectivity index (χ2v) is 8.27. The maximum absolute atomic E-state index is 12.4. The predicted octanol–water partition coefficient (Wildman–Crippen LogP) is 2.85. The third-order valence-electron chi connectivity index (χ3n) is 3.83. The SMILES string of the molecule is CNS(=O)(=O)c1ccc(C)c(C(=O)N[C@@H](C)CCCC(C)C)c1. The number of amides is 1. The highest BCUT2D eigenvalue weighted by Crippen LogP contribution is 2.16. The molecular weight excluding hydrogens is 312 g/mol. The number of sulfonamides is 1.